The monoisotopic (exact) mass is 217 g/mol. The van der Waals surface area contributed by atoms with Gasteiger partial charge >= 0.3 is 0 Å². The summed E-state index contributed by atoms with van der Waals surface area (Å²) in [6.45, 7) is 1.58. The van der Waals surface area contributed by atoms with E-state index in [1.807, 2.05) is 18.2 Å². The Bertz CT molecular complexity index is 410. The lowest BCUT2D eigenvalue weighted by molar-refractivity contribution is -0.118. The number of carbonyl (C=O) groups excluding carboxylic acids is 1. The van der Waals surface area contributed by atoms with E-state index >= 15 is 0 Å². The van der Waals surface area contributed by atoms with Gasteiger partial charge in [0.15, 0.2) is 0 Å². The summed E-state index contributed by atoms with van der Waals surface area (Å²) in [6, 6.07) is 8.01. The SMILES string of the molecule is O=C1Nc2ccccc2C1C1CCOCC1. The summed E-state index contributed by atoms with van der Waals surface area (Å²) < 4.78 is 5.35. The second-order valence-corrected chi connectivity index (χ2v) is 4.50. The molecule has 3 rings (SSSR count). The van der Waals surface area contributed by atoms with Crippen LogP contribution >= 0.6 is 0 Å². The maximum atomic E-state index is 12.0. The number of fused-ring (bicyclic) bond motifs is 1. The Morgan fingerprint density at radius 1 is 1.19 bits per heavy atom. The van der Waals surface area contributed by atoms with Gasteiger partial charge in [-0.3, -0.25) is 4.79 Å². The zero-order chi connectivity index (χ0) is 11.0. The van der Waals surface area contributed by atoms with Crippen molar-refractivity contribution in [1.82, 2.24) is 0 Å². The minimum Gasteiger partial charge on any atom is -0.381 e. The molecule has 1 N–H and O–H groups in total. The van der Waals surface area contributed by atoms with Gasteiger partial charge in [0.05, 0.1) is 5.92 Å². The van der Waals surface area contributed by atoms with E-state index in [4.69, 9.17) is 4.74 Å². The molecule has 1 saturated heterocycles. The Morgan fingerprint density at radius 2 is 1.94 bits per heavy atom. The summed E-state index contributed by atoms with van der Waals surface area (Å²) in [7, 11) is 0. The van der Waals surface area contributed by atoms with E-state index in [1.54, 1.807) is 0 Å². The number of hydrogen-bond donors (Lipinski definition) is 1. The van der Waals surface area contributed by atoms with E-state index in [2.05, 4.69) is 11.4 Å². The van der Waals surface area contributed by atoms with Crippen LogP contribution in [-0.4, -0.2) is 19.1 Å². The topological polar surface area (TPSA) is 38.3 Å². The molecular formula is C13H15NO2. The Kier molecular flexibility index (Phi) is 2.40. The van der Waals surface area contributed by atoms with E-state index in [1.165, 1.54) is 5.56 Å². The number of rotatable bonds is 1. The highest BCUT2D eigenvalue weighted by molar-refractivity contribution is 6.03. The molecule has 84 valence electrons. The largest absolute Gasteiger partial charge is 0.381 e. The van der Waals surface area contributed by atoms with Crippen molar-refractivity contribution in [1.29, 1.82) is 0 Å². The molecule has 16 heavy (non-hydrogen) atoms. The van der Waals surface area contributed by atoms with Gasteiger partial charge in [-0.2, -0.15) is 0 Å². The number of hydrogen-bond acceptors (Lipinski definition) is 2. The van der Waals surface area contributed by atoms with Gasteiger partial charge in [0.1, 0.15) is 0 Å². The second kappa shape index (κ2) is 3.91. The van der Waals surface area contributed by atoms with Crippen molar-refractivity contribution in [2.75, 3.05) is 18.5 Å². The Labute approximate surface area is 94.8 Å². The van der Waals surface area contributed by atoms with Crippen LogP contribution in [0.2, 0.25) is 0 Å². The zero-order valence-corrected chi connectivity index (χ0v) is 9.11. The van der Waals surface area contributed by atoms with Crippen LogP contribution in [0.3, 0.4) is 0 Å². The van der Waals surface area contributed by atoms with Crippen LogP contribution in [0.1, 0.15) is 24.3 Å². The highest BCUT2D eigenvalue weighted by atomic mass is 16.5. The molecule has 0 aliphatic carbocycles. The normalized spacial score (nSPS) is 25.2. The molecule has 3 nitrogen and oxygen atoms in total. The van der Waals surface area contributed by atoms with Gasteiger partial charge in [-0.1, -0.05) is 18.2 Å². The fraction of sp³-hybridized carbons (Fsp3) is 0.462. The summed E-state index contributed by atoms with van der Waals surface area (Å²) in [4.78, 5) is 12.0. The van der Waals surface area contributed by atoms with E-state index in [-0.39, 0.29) is 11.8 Å². The van der Waals surface area contributed by atoms with Crippen molar-refractivity contribution >= 4 is 11.6 Å². The minimum atomic E-state index is 0.0418. The Hall–Kier alpha value is -1.35. The zero-order valence-electron chi connectivity index (χ0n) is 9.11. The smallest absolute Gasteiger partial charge is 0.232 e. The van der Waals surface area contributed by atoms with Crippen LogP contribution in [0, 0.1) is 5.92 Å². The molecule has 2 aliphatic rings. The molecule has 1 unspecified atom stereocenters. The maximum absolute atomic E-state index is 12.0. The molecule has 0 radical (unpaired) electrons. The molecule has 2 aliphatic heterocycles. The molecule has 1 aromatic carbocycles. The lowest BCUT2D eigenvalue weighted by atomic mass is 9.82. The molecule has 2 heterocycles. The molecule has 1 atom stereocenters. The molecule has 0 aromatic heterocycles. The fourth-order valence-electron chi connectivity index (χ4n) is 2.75. The highest BCUT2D eigenvalue weighted by Crippen LogP contribution is 2.40. The van der Waals surface area contributed by atoms with E-state index in [0.29, 0.717) is 5.92 Å². The van der Waals surface area contributed by atoms with Crippen molar-refractivity contribution in [3.8, 4) is 0 Å². The fourth-order valence-corrected chi connectivity index (χ4v) is 2.75. The van der Waals surface area contributed by atoms with Crippen molar-refractivity contribution in [2.24, 2.45) is 5.92 Å². The molecule has 1 fully saturated rings. The number of ether oxygens (including phenoxy) is 1. The van der Waals surface area contributed by atoms with Gasteiger partial charge < -0.3 is 10.1 Å². The van der Waals surface area contributed by atoms with Gasteiger partial charge in [-0.25, -0.2) is 0 Å². The van der Waals surface area contributed by atoms with Crippen LogP contribution in [0.4, 0.5) is 5.69 Å². The average Bonchev–Trinajstić information content (AvgIpc) is 2.66. The molecule has 0 bridgehead atoms. The maximum Gasteiger partial charge on any atom is 0.232 e. The van der Waals surface area contributed by atoms with Crippen LogP contribution in [0.25, 0.3) is 0 Å². The predicted octanol–water partition coefficient (Wildman–Crippen LogP) is 2.15. The summed E-state index contributed by atoms with van der Waals surface area (Å²) in [6.07, 6.45) is 1.98. The van der Waals surface area contributed by atoms with Gasteiger partial charge in [0, 0.05) is 18.9 Å². The van der Waals surface area contributed by atoms with E-state index in [9.17, 15) is 4.79 Å². The van der Waals surface area contributed by atoms with Gasteiger partial charge in [-0.05, 0) is 30.4 Å². The molecule has 0 spiro atoms. The first-order valence-corrected chi connectivity index (χ1v) is 5.84. The van der Waals surface area contributed by atoms with Gasteiger partial charge in [0.2, 0.25) is 5.91 Å². The van der Waals surface area contributed by atoms with Crippen LogP contribution in [-0.2, 0) is 9.53 Å². The van der Waals surface area contributed by atoms with E-state index < -0.39 is 0 Å². The number of benzene rings is 1. The first-order valence-electron chi connectivity index (χ1n) is 5.84. The average molecular weight is 217 g/mol. The predicted molar refractivity (Wildman–Crippen MR) is 61.4 cm³/mol. The van der Waals surface area contributed by atoms with Gasteiger partial charge in [-0.15, -0.1) is 0 Å². The van der Waals surface area contributed by atoms with Crippen molar-refractivity contribution in [3.05, 3.63) is 29.8 Å². The second-order valence-electron chi connectivity index (χ2n) is 4.50. The number of amides is 1. The molecule has 0 saturated carbocycles. The first-order chi connectivity index (χ1) is 7.86. The van der Waals surface area contributed by atoms with Crippen molar-refractivity contribution < 1.29 is 9.53 Å². The third kappa shape index (κ3) is 1.52. The summed E-state index contributed by atoms with van der Waals surface area (Å²) in [5, 5.41) is 2.97. The molecule has 3 heteroatoms. The Morgan fingerprint density at radius 3 is 2.75 bits per heavy atom. The van der Waals surface area contributed by atoms with Crippen LogP contribution < -0.4 is 5.32 Å². The van der Waals surface area contributed by atoms with Crippen molar-refractivity contribution in [2.45, 2.75) is 18.8 Å². The standard InChI is InChI=1S/C13H15NO2/c15-13-12(9-5-7-16-8-6-9)10-3-1-2-4-11(10)14-13/h1-4,9,12H,5-8H2,(H,14,15). The minimum absolute atomic E-state index is 0.0418. The van der Waals surface area contributed by atoms with Gasteiger partial charge in [0.25, 0.3) is 0 Å². The number of para-hydroxylation sites is 1. The van der Waals surface area contributed by atoms with Crippen LogP contribution in [0.15, 0.2) is 24.3 Å². The van der Waals surface area contributed by atoms with E-state index in [0.717, 1.165) is 31.7 Å². The summed E-state index contributed by atoms with van der Waals surface area (Å²) >= 11 is 0. The highest BCUT2D eigenvalue weighted by Gasteiger charge is 2.36. The van der Waals surface area contributed by atoms with Crippen LogP contribution in [0.5, 0.6) is 0 Å². The molecular weight excluding hydrogens is 202 g/mol. The Balaban J connectivity index is 1.92. The third-order valence-electron chi connectivity index (χ3n) is 3.57. The quantitative estimate of drug-likeness (QED) is 0.782. The number of carbonyl (C=O) groups is 1. The lowest BCUT2D eigenvalue weighted by Gasteiger charge is -2.26. The molecule has 1 aromatic rings. The first kappa shape index (κ1) is 9.85. The summed E-state index contributed by atoms with van der Waals surface area (Å²) in [5.74, 6) is 0.644. The third-order valence-corrected chi connectivity index (χ3v) is 3.57. The number of anilines is 1. The van der Waals surface area contributed by atoms with Crippen molar-refractivity contribution in [3.63, 3.8) is 0 Å². The summed E-state index contributed by atoms with van der Waals surface area (Å²) in [5.41, 5.74) is 2.16. The lowest BCUT2D eigenvalue weighted by Crippen LogP contribution is -2.26. The molecule has 1 amide bonds. The number of nitrogens with one attached hydrogen (secondary N) is 1.